The molecule has 0 aliphatic heterocycles. The van der Waals surface area contributed by atoms with E-state index in [2.05, 4.69) is 5.32 Å². The minimum Gasteiger partial charge on any atom is -0.492 e. The SMILES string of the molecule is Nc1cccc(OCCNC(=O)Cc2cccc(F)c2)c1. The summed E-state index contributed by atoms with van der Waals surface area (Å²) in [5, 5.41) is 2.72. The number of benzene rings is 2. The number of hydrogen-bond donors (Lipinski definition) is 2. The Labute approximate surface area is 122 Å². The lowest BCUT2D eigenvalue weighted by Gasteiger charge is -2.08. The third-order valence-electron chi connectivity index (χ3n) is 2.80. The molecule has 0 aliphatic rings. The number of amides is 1. The van der Waals surface area contributed by atoms with Crippen LogP contribution >= 0.6 is 0 Å². The summed E-state index contributed by atoms with van der Waals surface area (Å²) in [6, 6.07) is 13.1. The van der Waals surface area contributed by atoms with Gasteiger partial charge in [-0.25, -0.2) is 4.39 Å². The van der Waals surface area contributed by atoms with Crippen LogP contribution in [0.15, 0.2) is 48.5 Å². The van der Waals surface area contributed by atoms with Crippen LogP contribution in [-0.4, -0.2) is 19.1 Å². The first-order valence-corrected chi connectivity index (χ1v) is 6.63. The van der Waals surface area contributed by atoms with Crippen molar-refractivity contribution in [2.75, 3.05) is 18.9 Å². The third kappa shape index (κ3) is 5.14. The Bertz CT molecular complexity index is 617. The number of nitrogens with one attached hydrogen (secondary N) is 1. The number of nitrogen functional groups attached to an aromatic ring is 1. The minimum atomic E-state index is -0.342. The van der Waals surface area contributed by atoms with Crippen LogP contribution in [0.2, 0.25) is 0 Å². The Morgan fingerprint density at radius 2 is 2.00 bits per heavy atom. The van der Waals surface area contributed by atoms with Crippen molar-refractivity contribution in [1.29, 1.82) is 0 Å². The van der Waals surface area contributed by atoms with E-state index < -0.39 is 0 Å². The second kappa shape index (κ2) is 7.28. The van der Waals surface area contributed by atoms with Crippen molar-refractivity contribution >= 4 is 11.6 Å². The largest absolute Gasteiger partial charge is 0.492 e. The molecule has 2 aromatic carbocycles. The first kappa shape index (κ1) is 14.8. The van der Waals surface area contributed by atoms with Gasteiger partial charge in [-0.3, -0.25) is 4.79 Å². The van der Waals surface area contributed by atoms with Crippen LogP contribution < -0.4 is 15.8 Å². The molecule has 21 heavy (non-hydrogen) atoms. The van der Waals surface area contributed by atoms with Crippen LogP contribution in [0, 0.1) is 5.82 Å². The highest BCUT2D eigenvalue weighted by atomic mass is 19.1. The monoisotopic (exact) mass is 288 g/mol. The van der Waals surface area contributed by atoms with E-state index in [0.29, 0.717) is 30.2 Å². The molecule has 0 radical (unpaired) electrons. The van der Waals surface area contributed by atoms with Crippen LogP contribution in [0.1, 0.15) is 5.56 Å². The predicted molar refractivity (Wildman–Crippen MR) is 79.5 cm³/mol. The Morgan fingerprint density at radius 3 is 2.76 bits per heavy atom. The van der Waals surface area contributed by atoms with E-state index in [1.54, 1.807) is 36.4 Å². The van der Waals surface area contributed by atoms with Crippen LogP contribution in [-0.2, 0) is 11.2 Å². The molecular formula is C16H17FN2O2. The maximum Gasteiger partial charge on any atom is 0.224 e. The van der Waals surface area contributed by atoms with Gasteiger partial charge in [0, 0.05) is 11.8 Å². The van der Waals surface area contributed by atoms with Gasteiger partial charge < -0.3 is 15.8 Å². The van der Waals surface area contributed by atoms with Crippen molar-refractivity contribution in [3.05, 3.63) is 59.9 Å². The number of anilines is 1. The van der Waals surface area contributed by atoms with Gasteiger partial charge in [-0.2, -0.15) is 0 Å². The van der Waals surface area contributed by atoms with Gasteiger partial charge in [0.1, 0.15) is 18.2 Å². The van der Waals surface area contributed by atoms with E-state index in [1.807, 2.05) is 0 Å². The Kier molecular flexibility index (Phi) is 5.15. The molecule has 4 nitrogen and oxygen atoms in total. The van der Waals surface area contributed by atoms with E-state index in [1.165, 1.54) is 12.1 Å². The number of halogens is 1. The van der Waals surface area contributed by atoms with Gasteiger partial charge >= 0.3 is 0 Å². The zero-order chi connectivity index (χ0) is 15.1. The summed E-state index contributed by atoms with van der Waals surface area (Å²) >= 11 is 0. The van der Waals surface area contributed by atoms with E-state index in [0.717, 1.165) is 0 Å². The molecule has 0 aromatic heterocycles. The van der Waals surface area contributed by atoms with E-state index in [4.69, 9.17) is 10.5 Å². The minimum absolute atomic E-state index is 0.149. The molecule has 0 heterocycles. The average molecular weight is 288 g/mol. The molecule has 2 rings (SSSR count). The molecule has 0 saturated heterocycles. The highest BCUT2D eigenvalue weighted by Crippen LogP contribution is 2.13. The number of carbonyl (C=O) groups is 1. The van der Waals surface area contributed by atoms with Gasteiger partial charge in [-0.1, -0.05) is 18.2 Å². The Balaban J connectivity index is 1.70. The quantitative estimate of drug-likeness (QED) is 0.632. The fourth-order valence-electron chi connectivity index (χ4n) is 1.86. The van der Waals surface area contributed by atoms with Crippen LogP contribution in [0.25, 0.3) is 0 Å². The lowest BCUT2D eigenvalue weighted by atomic mass is 10.1. The third-order valence-corrected chi connectivity index (χ3v) is 2.80. The van der Waals surface area contributed by atoms with Crippen molar-refractivity contribution in [2.24, 2.45) is 0 Å². The second-order valence-corrected chi connectivity index (χ2v) is 4.58. The summed E-state index contributed by atoms with van der Waals surface area (Å²) in [6.45, 7) is 0.724. The molecule has 2 aromatic rings. The van der Waals surface area contributed by atoms with Crippen molar-refractivity contribution in [2.45, 2.75) is 6.42 Å². The van der Waals surface area contributed by atoms with Gasteiger partial charge in [-0.05, 0) is 29.8 Å². The van der Waals surface area contributed by atoms with Gasteiger partial charge in [0.25, 0.3) is 0 Å². The average Bonchev–Trinajstić information content (AvgIpc) is 2.44. The first-order valence-electron chi connectivity index (χ1n) is 6.63. The Hall–Kier alpha value is -2.56. The summed E-state index contributed by atoms with van der Waals surface area (Å²) in [7, 11) is 0. The number of carbonyl (C=O) groups excluding carboxylic acids is 1. The molecule has 1 amide bonds. The number of nitrogens with two attached hydrogens (primary N) is 1. The molecule has 0 saturated carbocycles. The number of rotatable bonds is 6. The van der Waals surface area contributed by atoms with Crippen LogP contribution in [0.5, 0.6) is 5.75 Å². The summed E-state index contributed by atoms with van der Waals surface area (Å²) in [4.78, 5) is 11.7. The van der Waals surface area contributed by atoms with E-state index >= 15 is 0 Å². The van der Waals surface area contributed by atoms with E-state index in [9.17, 15) is 9.18 Å². The van der Waals surface area contributed by atoms with Gasteiger partial charge in [0.15, 0.2) is 0 Å². The van der Waals surface area contributed by atoms with Crippen LogP contribution in [0.4, 0.5) is 10.1 Å². The molecule has 0 atom stereocenters. The van der Waals surface area contributed by atoms with Crippen LogP contribution in [0.3, 0.4) is 0 Å². The second-order valence-electron chi connectivity index (χ2n) is 4.58. The summed E-state index contributed by atoms with van der Waals surface area (Å²) < 4.78 is 18.4. The van der Waals surface area contributed by atoms with Gasteiger partial charge in [-0.15, -0.1) is 0 Å². The zero-order valence-corrected chi connectivity index (χ0v) is 11.5. The molecule has 0 aliphatic carbocycles. The molecular weight excluding hydrogens is 271 g/mol. The molecule has 0 spiro atoms. The van der Waals surface area contributed by atoms with Gasteiger partial charge in [0.2, 0.25) is 5.91 Å². The fourth-order valence-corrected chi connectivity index (χ4v) is 1.86. The molecule has 0 unspecified atom stereocenters. The summed E-state index contributed by atoms with van der Waals surface area (Å²) in [5.41, 5.74) is 6.90. The smallest absolute Gasteiger partial charge is 0.224 e. The molecule has 110 valence electrons. The lowest BCUT2D eigenvalue weighted by Crippen LogP contribution is -2.29. The molecule has 0 fully saturated rings. The highest BCUT2D eigenvalue weighted by Gasteiger charge is 2.04. The van der Waals surface area contributed by atoms with Crippen molar-refractivity contribution in [1.82, 2.24) is 5.32 Å². The number of ether oxygens (including phenoxy) is 1. The molecule has 5 heteroatoms. The molecule has 0 bridgehead atoms. The predicted octanol–water partition coefficient (Wildman–Crippen LogP) is 2.15. The standard InChI is InChI=1S/C16H17FN2O2/c17-13-4-1-3-12(9-13)10-16(20)19-7-8-21-15-6-2-5-14(18)11-15/h1-6,9,11H,7-8,10,18H2,(H,19,20). The van der Waals surface area contributed by atoms with Crippen molar-refractivity contribution < 1.29 is 13.9 Å². The van der Waals surface area contributed by atoms with Gasteiger partial charge in [0.05, 0.1) is 13.0 Å². The first-order chi connectivity index (χ1) is 10.1. The van der Waals surface area contributed by atoms with Crippen molar-refractivity contribution in [3.63, 3.8) is 0 Å². The number of hydrogen-bond acceptors (Lipinski definition) is 3. The molecule has 3 N–H and O–H groups in total. The zero-order valence-electron chi connectivity index (χ0n) is 11.5. The fraction of sp³-hybridized carbons (Fsp3) is 0.188. The summed E-state index contributed by atoms with van der Waals surface area (Å²) in [6.07, 6.45) is 0.149. The van der Waals surface area contributed by atoms with Crippen molar-refractivity contribution in [3.8, 4) is 5.75 Å². The normalized spacial score (nSPS) is 10.1. The summed E-state index contributed by atoms with van der Waals surface area (Å²) in [5.74, 6) is 0.149. The van der Waals surface area contributed by atoms with E-state index in [-0.39, 0.29) is 18.1 Å². The maximum atomic E-state index is 13.0. The maximum absolute atomic E-state index is 13.0. The Morgan fingerprint density at radius 1 is 1.19 bits per heavy atom. The highest BCUT2D eigenvalue weighted by molar-refractivity contribution is 5.78. The lowest BCUT2D eigenvalue weighted by molar-refractivity contribution is -0.120. The topological polar surface area (TPSA) is 64.3 Å².